The Balaban J connectivity index is 1.88. The Labute approximate surface area is 148 Å². The fourth-order valence-corrected chi connectivity index (χ4v) is 3.73. The third-order valence-corrected chi connectivity index (χ3v) is 5.78. The van der Waals surface area contributed by atoms with E-state index in [2.05, 4.69) is 5.32 Å². The van der Waals surface area contributed by atoms with Gasteiger partial charge in [0.2, 0.25) is 15.9 Å². The number of benzene rings is 1. The van der Waals surface area contributed by atoms with Gasteiger partial charge in [0.15, 0.2) is 0 Å². The van der Waals surface area contributed by atoms with E-state index >= 15 is 0 Å². The first-order chi connectivity index (χ1) is 11.7. The first-order valence-corrected chi connectivity index (χ1v) is 10.1. The summed E-state index contributed by atoms with van der Waals surface area (Å²) < 4.78 is 24.4. The standard InChI is InChI=1S/C17H24N2O5S/c1-12(17(21)22)11-13-3-5-15(6-4-13)18-16(20)14-7-9-19(10-8-14)25(2,23)24/h3-6,12,14H,7-11H2,1-2H3,(H,18,20)(H,21,22). The molecule has 1 aliphatic rings. The molecule has 25 heavy (non-hydrogen) atoms. The zero-order chi connectivity index (χ0) is 18.6. The normalized spacial score (nSPS) is 17.8. The number of carboxylic acid groups (broad SMARTS) is 1. The first-order valence-electron chi connectivity index (χ1n) is 8.24. The van der Waals surface area contributed by atoms with E-state index in [0.29, 0.717) is 38.0 Å². The van der Waals surface area contributed by atoms with Crippen molar-refractivity contribution in [1.29, 1.82) is 0 Å². The van der Waals surface area contributed by atoms with Gasteiger partial charge in [-0.2, -0.15) is 0 Å². The van der Waals surface area contributed by atoms with Crippen LogP contribution in [0.1, 0.15) is 25.3 Å². The Kier molecular flexibility index (Phi) is 6.18. The topological polar surface area (TPSA) is 104 Å². The molecule has 138 valence electrons. The smallest absolute Gasteiger partial charge is 0.306 e. The molecule has 0 bridgehead atoms. The van der Waals surface area contributed by atoms with Crippen LogP contribution in [0, 0.1) is 11.8 Å². The second-order valence-corrected chi connectivity index (χ2v) is 8.55. The van der Waals surface area contributed by atoms with Crippen LogP contribution in [0.5, 0.6) is 0 Å². The van der Waals surface area contributed by atoms with Gasteiger partial charge >= 0.3 is 5.97 Å². The minimum atomic E-state index is -3.20. The van der Waals surface area contributed by atoms with Gasteiger partial charge < -0.3 is 10.4 Å². The molecule has 7 nitrogen and oxygen atoms in total. The maximum absolute atomic E-state index is 12.3. The fraction of sp³-hybridized carbons (Fsp3) is 0.529. The molecule has 2 N–H and O–H groups in total. The van der Waals surface area contributed by atoms with E-state index in [1.807, 2.05) is 0 Å². The lowest BCUT2D eigenvalue weighted by Gasteiger charge is -2.29. The molecule has 8 heteroatoms. The van der Waals surface area contributed by atoms with Crippen molar-refractivity contribution >= 4 is 27.6 Å². The van der Waals surface area contributed by atoms with Crippen LogP contribution in [-0.4, -0.2) is 49.1 Å². The van der Waals surface area contributed by atoms with Crippen molar-refractivity contribution in [3.05, 3.63) is 29.8 Å². The minimum Gasteiger partial charge on any atom is -0.481 e. The second-order valence-electron chi connectivity index (χ2n) is 6.57. The fourth-order valence-electron chi connectivity index (χ4n) is 2.86. The summed E-state index contributed by atoms with van der Waals surface area (Å²) in [6, 6.07) is 7.13. The SMILES string of the molecule is CC(Cc1ccc(NC(=O)C2CCN(S(C)(=O)=O)CC2)cc1)C(=O)O. The summed E-state index contributed by atoms with van der Waals surface area (Å²) in [6.45, 7) is 2.38. The van der Waals surface area contributed by atoms with Gasteiger partial charge in [0.1, 0.15) is 0 Å². The Bertz CT molecular complexity index is 722. The summed E-state index contributed by atoms with van der Waals surface area (Å²) in [5.74, 6) is -1.61. The largest absolute Gasteiger partial charge is 0.481 e. The van der Waals surface area contributed by atoms with Gasteiger partial charge in [0.25, 0.3) is 0 Å². The van der Waals surface area contributed by atoms with Gasteiger partial charge in [-0.05, 0) is 37.0 Å². The van der Waals surface area contributed by atoms with Gasteiger partial charge in [-0.25, -0.2) is 12.7 Å². The molecule has 0 aliphatic carbocycles. The molecule has 0 spiro atoms. The monoisotopic (exact) mass is 368 g/mol. The summed E-state index contributed by atoms with van der Waals surface area (Å²) in [7, 11) is -3.20. The predicted molar refractivity (Wildman–Crippen MR) is 94.7 cm³/mol. The number of carbonyl (C=O) groups is 2. The number of hydrogen-bond donors (Lipinski definition) is 2. The van der Waals surface area contributed by atoms with Crippen molar-refractivity contribution in [2.75, 3.05) is 24.7 Å². The molecular weight excluding hydrogens is 344 g/mol. The molecule has 1 fully saturated rings. The number of sulfonamides is 1. The first kappa shape index (κ1) is 19.4. The Morgan fingerprint density at radius 1 is 1.24 bits per heavy atom. The maximum atomic E-state index is 12.3. The average molecular weight is 368 g/mol. The number of amides is 1. The van der Waals surface area contributed by atoms with E-state index in [0.717, 1.165) is 5.56 Å². The zero-order valence-corrected chi connectivity index (χ0v) is 15.3. The molecule has 1 amide bonds. The third-order valence-electron chi connectivity index (χ3n) is 4.48. The zero-order valence-electron chi connectivity index (χ0n) is 14.4. The van der Waals surface area contributed by atoms with Gasteiger partial charge in [-0.1, -0.05) is 19.1 Å². The molecule has 0 radical (unpaired) electrons. The molecule has 1 aromatic rings. The lowest BCUT2D eigenvalue weighted by molar-refractivity contribution is -0.141. The molecule has 1 aliphatic heterocycles. The molecule has 0 aromatic heterocycles. The highest BCUT2D eigenvalue weighted by molar-refractivity contribution is 7.88. The lowest BCUT2D eigenvalue weighted by Crippen LogP contribution is -2.40. The summed E-state index contributed by atoms with van der Waals surface area (Å²) >= 11 is 0. The van der Waals surface area contributed by atoms with E-state index in [1.54, 1.807) is 31.2 Å². The number of nitrogens with zero attached hydrogens (tertiary/aromatic N) is 1. The van der Waals surface area contributed by atoms with Crippen LogP contribution in [0.25, 0.3) is 0 Å². The second kappa shape index (κ2) is 7.97. The quantitative estimate of drug-likeness (QED) is 0.793. The molecule has 1 aromatic carbocycles. The highest BCUT2D eigenvalue weighted by Crippen LogP contribution is 2.21. The molecule has 2 rings (SSSR count). The highest BCUT2D eigenvalue weighted by atomic mass is 32.2. The Hall–Kier alpha value is -1.93. The van der Waals surface area contributed by atoms with Crippen LogP contribution in [0.3, 0.4) is 0 Å². The molecule has 0 saturated carbocycles. The van der Waals surface area contributed by atoms with Crippen LogP contribution in [0.2, 0.25) is 0 Å². The number of aliphatic carboxylic acids is 1. The minimum absolute atomic E-state index is 0.111. The van der Waals surface area contributed by atoms with E-state index in [4.69, 9.17) is 5.11 Å². The van der Waals surface area contributed by atoms with Crippen molar-refractivity contribution in [3.63, 3.8) is 0 Å². The van der Waals surface area contributed by atoms with Gasteiger partial charge in [-0.15, -0.1) is 0 Å². The van der Waals surface area contributed by atoms with Crippen LogP contribution in [0.15, 0.2) is 24.3 Å². The third kappa shape index (κ3) is 5.54. The highest BCUT2D eigenvalue weighted by Gasteiger charge is 2.28. The molecule has 1 unspecified atom stereocenters. The Morgan fingerprint density at radius 3 is 2.28 bits per heavy atom. The predicted octanol–water partition coefficient (Wildman–Crippen LogP) is 1.56. The number of piperidine rings is 1. The van der Waals surface area contributed by atoms with E-state index in [-0.39, 0.29) is 11.8 Å². The van der Waals surface area contributed by atoms with Gasteiger partial charge in [0.05, 0.1) is 12.2 Å². The summed E-state index contributed by atoms with van der Waals surface area (Å²) in [5.41, 5.74) is 1.55. The van der Waals surface area contributed by atoms with Crippen molar-refractivity contribution in [2.24, 2.45) is 11.8 Å². The number of carbonyl (C=O) groups excluding carboxylic acids is 1. The molecule has 1 atom stereocenters. The van der Waals surface area contributed by atoms with Crippen molar-refractivity contribution in [1.82, 2.24) is 4.31 Å². The van der Waals surface area contributed by atoms with Crippen LogP contribution < -0.4 is 5.32 Å². The van der Waals surface area contributed by atoms with E-state index < -0.39 is 21.9 Å². The van der Waals surface area contributed by atoms with Crippen molar-refractivity contribution in [3.8, 4) is 0 Å². The number of nitrogens with one attached hydrogen (secondary N) is 1. The van der Waals surface area contributed by atoms with Gasteiger partial charge in [-0.3, -0.25) is 9.59 Å². The van der Waals surface area contributed by atoms with E-state index in [9.17, 15) is 18.0 Å². The Morgan fingerprint density at radius 2 is 1.80 bits per heavy atom. The van der Waals surface area contributed by atoms with Crippen LogP contribution in [0.4, 0.5) is 5.69 Å². The lowest BCUT2D eigenvalue weighted by atomic mass is 9.97. The maximum Gasteiger partial charge on any atom is 0.306 e. The van der Waals surface area contributed by atoms with Crippen molar-refractivity contribution < 1.29 is 23.1 Å². The number of rotatable bonds is 6. The summed E-state index contributed by atoms with van der Waals surface area (Å²) in [6.07, 6.45) is 2.63. The van der Waals surface area contributed by atoms with Crippen molar-refractivity contribution in [2.45, 2.75) is 26.2 Å². The average Bonchev–Trinajstić information content (AvgIpc) is 2.55. The summed E-state index contributed by atoms with van der Waals surface area (Å²) in [5, 5.41) is 11.8. The number of hydrogen-bond acceptors (Lipinski definition) is 4. The number of carboxylic acids is 1. The molecular formula is C17H24N2O5S. The van der Waals surface area contributed by atoms with Gasteiger partial charge in [0, 0.05) is 24.7 Å². The van der Waals surface area contributed by atoms with Crippen LogP contribution >= 0.6 is 0 Å². The van der Waals surface area contributed by atoms with E-state index in [1.165, 1.54) is 10.6 Å². The number of anilines is 1. The van der Waals surface area contributed by atoms with Crippen LogP contribution in [-0.2, 0) is 26.0 Å². The summed E-state index contributed by atoms with van der Waals surface area (Å²) in [4.78, 5) is 23.2. The molecule has 1 heterocycles. The molecule has 1 saturated heterocycles.